The third-order valence-electron chi connectivity index (χ3n) is 6.62. The van der Waals surface area contributed by atoms with Crippen LogP contribution in [-0.4, -0.2) is 5.11 Å². The van der Waals surface area contributed by atoms with Crippen molar-refractivity contribution in [3.63, 3.8) is 0 Å². The van der Waals surface area contributed by atoms with Crippen LogP contribution in [0.25, 0.3) is 0 Å². The molecule has 1 N–H and O–H groups in total. The Balaban J connectivity index is 2.95. The van der Waals surface area contributed by atoms with Crippen molar-refractivity contribution in [2.24, 2.45) is 11.8 Å². The van der Waals surface area contributed by atoms with Crippen molar-refractivity contribution in [2.75, 3.05) is 0 Å². The minimum atomic E-state index is -0.334. The molecule has 0 bridgehead atoms. The van der Waals surface area contributed by atoms with Gasteiger partial charge in [-0.3, -0.25) is 0 Å². The highest BCUT2D eigenvalue weighted by Gasteiger charge is 2.35. The lowest BCUT2D eigenvalue weighted by atomic mass is 9.68. The second-order valence-electron chi connectivity index (χ2n) is 11.7. The van der Waals surface area contributed by atoms with Gasteiger partial charge in [0.25, 0.3) is 0 Å². The minimum absolute atomic E-state index is 0.119. The molecule has 2 rings (SSSR count). The van der Waals surface area contributed by atoms with Crippen LogP contribution >= 0.6 is 7.53 Å². The third kappa shape index (κ3) is 5.77. The molecule has 178 valence electrons. The van der Waals surface area contributed by atoms with E-state index in [2.05, 4.69) is 112 Å². The summed E-state index contributed by atoms with van der Waals surface area (Å²) >= 11 is 0. The quantitative estimate of drug-likeness (QED) is 0.393. The molecule has 1 aromatic carbocycles. The minimum Gasteiger partial charge on any atom is -0.507 e. The van der Waals surface area contributed by atoms with Gasteiger partial charge < -0.3 is 5.11 Å². The SMILES string of the molecule is CC(C)c1c(C[CH-][p+]2ccccc2)c(C(C)C)c(C(C)(C)C)c(O)c1C(C(C)C)C(C)C. The Hall–Kier alpha value is -1.33. The molecule has 1 aromatic heterocycles. The van der Waals surface area contributed by atoms with Gasteiger partial charge in [0.05, 0.1) is 11.6 Å². The highest BCUT2D eigenvalue weighted by atomic mass is 31.1. The van der Waals surface area contributed by atoms with Crippen LogP contribution in [0.3, 0.4) is 0 Å². The van der Waals surface area contributed by atoms with Gasteiger partial charge in [-0.15, -0.1) is 12.6 Å². The summed E-state index contributed by atoms with van der Waals surface area (Å²) in [6.45, 7) is 25.2. The molecular weight excluding hydrogens is 407 g/mol. The van der Waals surface area contributed by atoms with Crippen LogP contribution in [0.15, 0.2) is 29.8 Å². The zero-order chi connectivity index (χ0) is 24.4. The molecule has 0 saturated carbocycles. The Morgan fingerprint density at radius 1 is 0.781 bits per heavy atom. The first-order chi connectivity index (χ1) is 14.8. The lowest BCUT2D eigenvalue weighted by molar-refractivity contribution is 0.358. The lowest BCUT2D eigenvalue weighted by Crippen LogP contribution is -2.24. The molecule has 0 spiro atoms. The van der Waals surface area contributed by atoms with Crippen molar-refractivity contribution in [3.8, 4) is 5.75 Å². The maximum atomic E-state index is 12.0. The van der Waals surface area contributed by atoms with Crippen molar-refractivity contribution in [2.45, 2.75) is 106 Å². The van der Waals surface area contributed by atoms with Gasteiger partial charge in [-0.1, -0.05) is 87.8 Å². The van der Waals surface area contributed by atoms with Gasteiger partial charge in [-0.25, -0.2) is 0 Å². The van der Waals surface area contributed by atoms with Crippen molar-refractivity contribution in [1.29, 1.82) is 0 Å². The molecule has 2 aromatic rings. The standard InChI is InChI=1S/C30H47OP/c1-19(2)24(20(3)4)27-25(21(5)6)23(15-18-32-16-13-12-14-17-32)26(22(7)8)28(29(27)31)30(9,10)11/h12-14,16-22,24,31H,15H2,1-11H3. The molecule has 0 aliphatic heterocycles. The zero-order valence-corrected chi connectivity index (χ0v) is 23.3. The third-order valence-corrected chi connectivity index (χ3v) is 8.26. The van der Waals surface area contributed by atoms with E-state index in [1.807, 2.05) is 0 Å². The number of hydrogen-bond acceptors (Lipinski definition) is 1. The highest BCUT2D eigenvalue weighted by molar-refractivity contribution is 7.50. The predicted octanol–water partition coefficient (Wildman–Crippen LogP) is 9.85. The van der Waals surface area contributed by atoms with Gasteiger partial charge in [0.15, 0.2) is 0 Å². The smallest absolute Gasteiger partial charge is 0.123 e. The number of rotatable bonds is 8. The summed E-state index contributed by atoms with van der Waals surface area (Å²) < 4.78 is 0. The van der Waals surface area contributed by atoms with E-state index in [1.165, 1.54) is 22.3 Å². The van der Waals surface area contributed by atoms with Crippen LogP contribution in [0.5, 0.6) is 5.75 Å². The predicted molar refractivity (Wildman–Crippen MR) is 144 cm³/mol. The normalized spacial score (nSPS) is 12.8. The maximum absolute atomic E-state index is 12.0. The first kappa shape index (κ1) is 26.9. The molecule has 0 amide bonds. The van der Waals surface area contributed by atoms with Gasteiger partial charge in [-0.2, -0.15) is 0 Å². The molecule has 0 fully saturated rings. The van der Waals surface area contributed by atoms with Crippen LogP contribution in [0.4, 0.5) is 0 Å². The number of phenols is 1. The summed E-state index contributed by atoms with van der Waals surface area (Å²) in [4.78, 5) is 0. The first-order valence-electron chi connectivity index (χ1n) is 12.5. The monoisotopic (exact) mass is 454 g/mol. The van der Waals surface area contributed by atoms with E-state index in [0.29, 0.717) is 35.3 Å². The number of aromatic hydroxyl groups is 1. The molecular formula is C30H47OP. The number of benzene rings is 1. The zero-order valence-electron chi connectivity index (χ0n) is 22.5. The molecule has 0 radical (unpaired) electrons. The van der Waals surface area contributed by atoms with Crippen LogP contribution in [0, 0.1) is 18.0 Å². The lowest BCUT2D eigenvalue weighted by Gasteiger charge is -2.38. The summed E-state index contributed by atoms with van der Waals surface area (Å²) in [6.07, 6.45) is 3.47. The topological polar surface area (TPSA) is 20.2 Å². The molecule has 0 aliphatic rings. The Morgan fingerprint density at radius 2 is 1.28 bits per heavy atom. The van der Waals surface area contributed by atoms with Gasteiger partial charge in [0.1, 0.15) is 5.75 Å². The van der Waals surface area contributed by atoms with Crippen molar-refractivity contribution >= 4 is 7.53 Å². The Kier molecular flexibility index (Phi) is 9.03. The van der Waals surface area contributed by atoms with Crippen LogP contribution < -0.4 is 0 Å². The van der Waals surface area contributed by atoms with E-state index >= 15 is 0 Å². The number of phenolic OH excluding ortho intramolecular Hbond substituents is 1. The second-order valence-corrected chi connectivity index (χ2v) is 13.6. The van der Waals surface area contributed by atoms with E-state index < -0.39 is 0 Å². The Labute approximate surface area is 199 Å². The van der Waals surface area contributed by atoms with Crippen molar-refractivity contribution in [1.82, 2.24) is 0 Å². The highest BCUT2D eigenvalue weighted by Crippen LogP contribution is 2.51. The fourth-order valence-corrected chi connectivity index (χ4v) is 6.96. The fourth-order valence-electron chi connectivity index (χ4n) is 5.63. The molecule has 2 heteroatoms. The van der Waals surface area contributed by atoms with Crippen molar-refractivity contribution in [3.05, 3.63) is 63.8 Å². The molecule has 0 aliphatic carbocycles. The maximum Gasteiger partial charge on any atom is 0.123 e. The van der Waals surface area contributed by atoms with E-state index in [0.717, 1.165) is 12.0 Å². The molecule has 0 unspecified atom stereocenters. The molecule has 1 heterocycles. The summed E-state index contributed by atoms with van der Waals surface area (Å²) in [5.41, 5.74) is 6.51. The fraction of sp³-hybridized carbons (Fsp3) is 0.600. The molecule has 0 saturated heterocycles. The molecule has 32 heavy (non-hydrogen) atoms. The van der Waals surface area contributed by atoms with Gasteiger partial charge >= 0.3 is 0 Å². The van der Waals surface area contributed by atoms with Gasteiger partial charge in [-0.05, 0) is 65.8 Å². The van der Waals surface area contributed by atoms with E-state index in [9.17, 15) is 5.11 Å². The number of hydrogen-bond donors (Lipinski definition) is 1. The van der Waals surface area contributed by atoms with Gasteiger partial charge in [0.2, 0.25) is 0 Å². The van der Waals surface area contributed by atoms with E-state index in [1.54, 1.807) is 0 Å². The largest absolute Gasteiger partial charge is 0.507 e. The Bertz CT molecular complexity index is 878. The second kappa shape index (κ2) is 10.7. The van der Waals surface area contributed by atoms with Crippen LogP contribution in [-0.2, 0) is 11.8 Å². The summed E-state index contributed by atoms with van der Waals surface area (Å²) in [7, 11) is -0.334. The summed E-state index contributed by atoms with van der Waals surface area (Å²) in [5.74, 6) is 7.23. The first-order valence-corrected chi connectivity index (χ1v) is 14.0. The van der Waals surface area contributed by atoms with Crippen LogP contribution in [0.2, 0.25) is 0 Å². The van der Waals surface area contributed by atoms with E-state index in [-0.39, 0.29) is 12.9 Å². The van der Waals surface area contributed by atoms with Crippen molar-refractivity contribution < 1.29 is 5.11 Å². The van der Waals surface area contributed by atoms with E-state index in [4.69, 9.17) is 0 Å². The van der Waals surface area contributed by atoms with Gasteiger partial charge in [0, 0.05) is 11.1 Å². The summed E-state index contributed by atoms with van der Waals surface area (Å²) in [6, 6.07) is 6.45. The summed E-state index contributed by atoms with van der Waals surface area (Å²) in [5, 5.41) is 12.0. The molecule has 0 atom stereocenters. The average molecular weight is 455 g/mol. The molecule has 1 nitrogen and oxygen atoms in total. The van der Waals surface area contributed by atoms with Crippen LogP contribution in [0.1, 0.15) is 122 Å². The Morgan fingerprint density at radius 3 is 1.69 bits per heavy atom. The average Bonchev–Trinajstić information content (AvgIpc) is 2.66.